The standard InChI is InChI=1S/C24H20BrClN2O2/c1-30-23(16-7-3-2-4-8-16)24(29)28-22(18-10-6-12-20(26)14-18)15-21(27-28)17-9-5-11-19(25)13-17/h2-14,22-23H,15H2,1H3/t22-,23+/m1/s1. The molecule has 1 amide bonds. The maximum absolute atomic E-state index is 13.5. The minimum atomic E-state index is -0.738. The molecule has 0 saturated carbocycles. The summed E-state index contributed by atoms with van der Waals surface area (Å²) in [6.45, 7) is 0. The highest BCUT2D eigenvalue weighted by Crippen LogP contribution is 2.36. The number of hydrogen-bond donors (Lipinski definition) is 0. The highest BCUT2D eigenvalue weighted by atomic mass is 79.9. The zero-order valence-electron chi connectivity index (χ0n) is 16.3. The molecule has 4 rings (SSSR count). The first-order chi connectivity index (χ1) is 14.6. The molecule has 152 valence electrons. The van der Waals surface area contributed by atoms with Crippen molar-refractivity contribution in [1.29, 1.82) is 0 Å². The van der Waals surface area contributed by atoms with Crippen molar-refractivity contribution in [1.82, 2.24) is 5.01 Å². The fraction of sp³-hybridized carbons (Fsp3) is 0.167. The maximum Gasteiger partial charge on any atom is 0.276 e. The third kappa shape index (κ3) is 4.33. The van der Waals surface area contributed by atoms with E-state index in [2.05, 4.69) is 15.9 Å². The van der Waals surface area contributed by atoms with Gasteiger partial charge in [-0.1, -0.05) is 82.1 Å². The lowest BCUT2D eigenvalue weighted by Gasteiger charge is -2.26. The topological polar surface area (TPSA) is 41.9 Å². The number of rotatable bonds is 5. The minimum absolute atomic E-state index is 0.210. The van der Waals surface area contributed by atoms with Gasteiger partial charge in [-0.05, 0) is 41.0 Å². The molecule has 30 heavy (non-hydrogen) atoms. The lowest BCUT2D eigenvalue weighted by Crippen LogP contribution is -2.32. The number of ether oxygens (including phenoxy) is 1. The number of halogens is 2. The first kappa shape index (κ1) is 20.8. The second-order valence-corrected chi connectivity index (χ2v) is 8.39. The predicted octanol–water partition coefficient (Wildman–Crippen LogP) is 6.17. The Balaban J connectivity index is 1.74. The largest absolute Gasteiger partial charge is 0.367 e. The van der Waals surface area contributed by atoms with E-state index in [1.54, 1.807) is 12.1 Å². The summed E-state index contributed by atoms with van der Waals surface area (Å²) in [5.74, 6) is -0.210. The van der Waals surface area contributed by atoms with Crippen molar-refractivity contribution >= 4 is 39.1 Å². The molecule has 0 aromatic heterocycles. The lowest BCUT2D eigenvalue weighted by atomic mass is 9.98. The van der Waals surface area contributed by atoms with Crippen LogP contribution in [-0.4, -0.2) is 23.7 Å². The van der Waals surface area contributed by atoms with Crippen LogP contribution in [0.4, 0.5) is 0 Å². The van der Waals surface area contributed by atoms with E-state index in [1.807, 2.05) is 78.9 Å². The van der Waals surface area contributed by atoms with Crippen molar-refractivity contribution in [2.45, 2.75) is 18.6 Å². The van der Waals surface area contributed by atoms with E-state index in [9.17, 15) is 4.79 Å². The van der Waals surface area contributed by atoms with Gasteiger partial charge in [-0.3, -0.25) is 4.79 Å². The quantitative estimate of drug-likeness (QED) is 0.435. The summed E-state index contributed by atoms with van der Waals surface area (Å²) >= 11 is 9.75. The average Bonchev–Trinajstić information content (AvgIpc) is 3.21. The van der Waals surface area contributed by atoms with Gasteiger partial charge in [-0.25, -0.2) is 5.01 Å². The Kier molecular flexibility index (Phi) is 6.32. The number of hydrazone groups is 1. The Bertz CT molecular complexity index is 1090. The Morgan fingerprint density at radius 3 is 2.57 bits per heavy atom. The summed E-state index contributed by atoms with van der Waals surface area (Å²) in [5, 5.41) is 6.91. The van der Waals surface area contributed by atoms with Crippen molar-refractivity contribution in [3.05, 3.63) is 105 Å². The molecular formula is C24H20BrClN2O2. The van der Waals surface area contributed by atoms with E-state index in [4.69, 9.17) is 21.4 Å². The maximum atomic E-state index is 13.5. The van der Waals surface area contributed by atoms with Crippen LogP contribution in [0.3, 0.4) is 0 Å². The summed E-state index contributed by atoms with van der Waals surface area (Å²) < 4.78 is 6.55. The van der Waals surface area contributed by atoms with Crippen LogP contribution in [0.15, 0.2) is 88.4 Å². The number of amides is 1. The predicted molar refractivity (Wildman–Crippen MR) is 123 cm³/mol. The molecule has 0 N–H and O–H groups in total. The summed E-state index contributed by atoms with van der Waals surface area (Å²) in [6.07, 6.45) is -0.146. The van der Waals surface area contributed by atoms with Crippen molar-refractivity contribution in [2.75, 3.05) is 7.11 Å². The third-order valence-electron chi connectivity index (χ3n) is 5.09. The van der Waals surface area contributed by atoms with Gasteiger partial charge < -0.3 is 4.74 Å². The Morgan fingerprint density at radius 2 is 1.87 bits per heavy atom. The molecule has 0 spiro atoms. The molecule has 2 atom stereocenters. The van der Waals surface area contributed by atoms with Crippen molar-refractivity contribution in [2.24, 2.45) is 5.10 Å². The molecule has 3 aromatic rings. The number of nitrogens with zero attached hydrogens (tertiary/aromatic N) is 2. The molecule has 1 heterocycles. The Hall–Kier alpha value is -2.47. The second-order valence-electron chi connectivity index (χ2n) is 7.04. The van der Waals surface area contributed by atoms with Crippen LogP contribution in [0.5, 0.6) is 0 Å². The SMILES string of the molecule is CO[C@H](C(=O)N1N=C(c2cccc(Br)c2)C[C@@H]1c1cccc(Cl)c1)c1ccccc1. The Labute approximate surface area is 189 Å². The Morgan fingerprint density at radius 1 is 1.10 bits per heavy atom. The average molecular weight is 484 g/mol. The molecule has 0 fully saturated rings. The zero-order valence-corrected chi connectivity index (χ0v) is 18.7. The van der Waals surface area contributed by atoms with E-state index in [0.29, 0.717) is 11.4 Å². The lowest BCUT2D eigenvalue weighted by molar-refractivity contribution is -0.144. The monoisotopic (exact) mass is 482 g/mol. The second kappa shape index (κ2) is 9.13. The molecule has 1 aliphatic rings. The van der Waals surface area contributed by atoms with Crippen LogP contribution < -0.4 is 0 Å². The minimum Gasteiger partial charge on any atom is -0.367 e. The summed E-state index contributed by atoms with van der Waals surface area (Å²) in [6, 6.07) is 24.7. The van der Waals surface area contributed by atoms with E-state index in [1.165, 1.54) is 0 Å². The molecule has 6 heteroatoms. The fourth-order valence-electron chi connectivity index (χ4n) is 3.66. The van der Waals surface area contributed by atoms with Crippen LogP contribution in [0.2, 0.25) is 5.02 Å². The van der Waals surface area contributed by atoms with Crippen LogP contribution in [0.25, 0.3) is 0 Å². The van der Waals surface area contributed by atoms with E-state index in [0.717, 1.165) is 26.9 Å². The highest BCUT2D eigenvalue weighted by molar-refractivity contribution is 9.10. The van der Waals surface area contributed by atoms with Gasteiger partial charge in [-0.2, -0.15) is 5.10 Å². The molecule has 0 radical (unpaired) electrons. The fourth-order valence-corrected chi connectivity index (χ4v) is 4.25. The van der Waals surface area contributed by atoms with E-state index >= 15 is 0 Å². The van der Waals surface area contributed by atoms with Gasteiger partial charge in [0.25, 0.3) is 5.91 Å². The molecule has 1 aliphatic heterocycles. The summed E-state index contributed by atoms with van der Waals surface area (Å²) in [5.41, 5.74) is 3.55. The molecular weight excluding hydrogens is 464 g/mol. The van der Waals surface area contributed by atoms with Crippen molar-refractivity contribution in [3.8, 4) is 0 Å². The van der Waals surface area contributed by atoms with Crippen molar-refractivity contribution in [3.63, 3.8) is 0 Å². The summed E-state index contributed by atoms with van der Waals surface area (Å²) in [7, 11) is 1.54. The molecule has 4 nitrogen and oxygen atoms in total. The molecule has 0 bridgehead atoms. The van der Waals surface area contributed by atoms with Crippen LogP contribution in [0.1, 0.15) is 35.3 Å². The highest BCUT2D eigenvalue weighted by Gasteiger charge is 2.37. The first-order valence-electron chi connectivity index (χ1n) is 9.56. The molecule has 3 aromatic carbocycles. The number of hydrogen-bond acceptors (Lipinski definition) is 3. The van der Waals surface area contributed by atoms with Gasteiger partial charge in [-0.15, -0.1) is 0 Å². The number of methoxy groups -OCH3 is 1. The molecule has 0 unspecified atom stereocenters. The molecule has 0 aliphatic carbocycles. The number of carbonyl (C=O) groups is 1. The van der Waals surface area contributed by atoms with Crippen LogP contribution in [-0.2, 0) is 9.53 Å². The zero-order chi connectivity index (χ0) is 21.1. The van der Waals surface area contributed by atoms with Crippen molar-refractivity contribution < 1.29 is 9.53 Å². The van der Waals surface area contributed by atoms with Gasteiger partial charge in [0.1, 0.15) is 0 Å². The normalized spacial score (nSPS) is 17.0. The summed E-state index contributed by atoms with van der Waals surface area (Å²) in [4.78, 5) is 13.5. The van der Waals surface area contributed by atoms with Gasteiger partial charge in [0.05, 0.1) is 11.8 Å². The van der Waals surface area contributed by atoms with Gasteiger partial charge in [0, 0.05) is 23.0 Å². The van der Waals surface area contributed by atoms with Crippen LogP contribution in [0, 0.1) is 0 Å². The third-order valence-corrected chi connectivity index (χ3v) is 5.82. The smallest absolute Gasteiger partial charge is 0.276 e. The van der Waals surface area contributed by atoms with Gasteiger partial charge in [0.15, 0.2) is 6.10 Å². The van der Waals surface area contributed by atoms with Gasteiger partial charge >= 0.3 is 0 Å². The van der Waals surface area contributed by atoms with Crippen LogP contribution >= 0.6 is 27.5 Å². The number of benzene rings is 3. The van der Waals surface area contributed by atoms with Gasteiger partial charge in [0.2, 0.25) is 0 Å². The number of carbonyl (C=O) groups excluding carboxylic acids is 1. The van der Waals surface area contributed by atoms with E-state index < -0.39 is 6.10 Å². The first-order valence-corrected chi connectivity index (χ1v) is 10.7. The van der Waals surface area contributed by atoms with E-state index in [-0.39, 0.29) is 11.9 Å². The molecule has 0 saturated heterocycles.